The SMILES string of the molecule is CC#CCn1ccc(-c2cccc(-c3ncccc3F)c2)n1. The Hall–Kier alpha value is -2.93. The van der Waals surface area contributed by atoms with Crippen LogP contribution in [0.25, 0.3) is 22.5 Å². The van der Waals surface area contributed by atoms with Gasteiger partial charge in [-0.05, 0) is 31.2 Å². The van der Waals surface area contributed by atoms with Crippen molar-refractivity contribution in [3.8, 4) is 34.4 Å². The molecule has 2 heterocycles. The first-order valence-electron chi connectivity index (χ1n) is 6.92. The number of hydrogen-bond acceptors (Lipinski definition) is 2. The Morgan fingerprint density at radius 2 is 2.00 bits per heavy atom. The monoisotopic (exact) mass is 291 g/mol. The average molecular weight is 291 g/mol. The zero-order valence-corrected chi connectivity index (χ0v) is 12.1. The van der Waals surface area contributed by atoms with Crippen LogP contribution in [0.4, 0.5) is 4.39 Å². The fraction of sp³-hybridized carbons (Fsp3) is 0.111. The van der Waals surface area contributed by atoms with E-state index in [4.69, 9.17) is 0 Å². The summed E-state index contributed by atoms with van der Waals surface area (Å²) in [5.74, 6) is 5.48. The van der Waals surface area contributed by atoms with Gasteiger partial charge in [0, 0.05) is 23.5 Å². The summed E-state index contributed by atoms with van der Waals surface area (Å²) < 4.78 is 15.6. The van der Waals surface area contributed by atoms with E-state index in [1.54, 1.807) is 23.9 Å². The van der Waals surface area contributed by atoms with Crippen molar-refractivity contribution in [2.75, 3.05) is 0 Å². The lowest BCUT2D eigenvalue weighted by Gasteiger charge is -2.04. The van der Waals surface area contributed by atoms with E-state index in [0.29, 0.717) is 12.2 Å². The van der Waals surface area contributed by atoms with Crippen molar-refractivity contribution in [3.05, 3.63) is 60.7 Å². The normalized spacial score (nSPS) is 10.1. The van der Waals surface area contributed by atoms with Gasteiger partial charge in [-0.2, -0.15) is 5.10 Å². The average Bonchev–Trinajstić information content (AvgIpc) is 3.02. The van der Waals surface area contributed by atoms with Gasteiger partial charge in [0.1, 0.15) is 18.1 Å². The van der Waals surface area contributed by atoms with E-state index in [2.05, 4.69) is 21.9 Å². The van der Waals surface area contributed by atoms with Gasteiger partial charge in [-0.15, -0.1) is 5.92 Å². The number of rotatable bonds is 3. The van der Waals surface area contributed by atoms with Crippen molar-refractivity contribution >= 4 is 0 Å². The van der Waals surface area contributed by atoms with Gasteiger partial charge in [-0.1, -0.05) is 24.1 Å². The summed E-state index contributed by atoms with van der Waals surface area (Å²) in [5.41, 5.74) is 2.83. The predicted octanol–water partition coefficient (Wildman–Crippen LogP) is 3.77. The van der Waals surface area contributed by atoms with Gasteiger partial charge in [0.15, 0.2) is 0 Å². The number of hydrogen-bond donors (Lipinski definition) is 0. The molecule has 3 aromatic rings. The van der Waals surface area contributed by atoms with Crippen molar-refractivity contribution in [1.82, 2.24) is 14.8 Å². The summed E-state index contributed by atoms with van der Waals surface area (Å²) in [6, 6.07) is 12.5. The molecule has 0 aliphatic heterocycles. The summed E-state index contributed by atoms with van der Waals surface area (Å²) in [4.78, 5) is 4.11. The molecule has 1 aromatic carbocycles. The molecule has 0 aliphatic rings. The lowest BCUT2D eigenvalue weighted by atomic mass is 10.1. The van der Waals surface area contributed by atoms with Crippen molar-refractivity contribution in [2.45, 2.75) is 13.5 Å². The molecule has 4 heteroatoms. The first-order valence-corrected chi connectivity index (χ1v) is 6.92. The molecule has 0 saturated heterocycles. The van der Waals surface area contributed by atoms with E-state index in [9.17, 15) is 4.39 Å². The first-order chi connectivity index (χ1) is 10.8. The highest BCUT2D eigenvalue weighted by atomic mass is 19.1. The molecular weight excluding hydrogens is 277 g/mol. The molecule has 0 atom stereocenters. The molecular formula is C18H14FN3. The summed E-state index contributed by atoms with van der Waals surface area (Å²) in [7, 11) is 0. The van der Waals surface area contributed by atoms with Crippen LogP contribution in [0.5, 0.6) is 0 Å². The summed E-state index contributed by atoms with van der Waals surface area (Å²) >= 11 is 0. The smallest absolute Gasteiger partial charge is 0.149 e. The van der Waals surface area contributed by atoms with Crippen LogP contribution in [-0.4, -0.2) is 14.8 Å². The second-order valence-electron chi connectivity index (χ2n) is 4.74. The fourth-order valence-corrected chi connectivity index (χ4v) is 2.19. The Morgan fingerprint density at radius 1 is 1.14 bits per heavy atom. The van der Waals surface area contributed by atoms with E-state index in [1.807, 2.05) is 36.5 Å². The van der Waals surface area contributed by atoms with Crippen LogP contribution in [0.2, 0.25) is 0 Å². The minimum Gasteiger partial charge on any atom is -0.260 e. The van der Waals surface area contributed by atoms with Crippen molar-refractivity contribution < 1.29 is 4.39 Å². The Morgan fingerprint density at radius 3 is 2.82 bits per heavy atom. The summed E-state index contributed by atoms with van der Waals surface area (Å²) in [6.07, 6.45) is 3.47. The Kier molecular flexibility index (Phi) is 3.97. The highest BCUT2D eigenvalue weighted by Gasteiger charge is 2.08. The van der Waals surface area contributed by atoms with Crippen LogP contribution in [0, 0.1) is 17.7 Å². The topological polar surface area (TPSA) is 30.7 Å². The van der Waals surface area contributed by atoms with Crippen LogP contribution >= 0.6 is 0 Å². The molecule has 2 aromatic heterocycles. The van der Waals surface area contributed by atoms with Gasteiger partial charge in [-0.3, -0.25) is 9.67 Å². The van der Waals surface area contributed by atoms with Gasteiger partial charge >= 0.3 is 0 Å². The third-order valence-electron chi connectivity index (χ3n) is 3.25. The summed E-state index contributed by atoms with van der Waals surface area (Å²) in [6.45, 7) is 2.36. The highest BCUT2D eigenvalue weighted by molar-refractivity contribution is 5.69. The van der Waals surface area contributed by atoms with Crippen molar-refractivity contribution in [2.24, 2.45) is 0 Å². The maximum Gasteiger partial charge on any atom is 0.149 e. The number of pyridine rings is 1. The Bertz CT molecular complexity index is 856. The fourth-order valence-electron chi connectivity index (χ4n) is 2.19. The third kappa shape index (κ3) is 2.89. The minimum absolute atomic E-state index is 0.330. The van der Waals surface area contributed by atoms with E-state index in [-0.39, 0.29) is 5.82 Å². The van der Waals surface area contributed by atoms with Crippen molar-refractivity contribution in [1.29, 1.82) is 0 Å². The van der Waals surface area contributed by atoms with Crippen LogP contribution in [-0.2, 0) is 6.54 Å². The molecule has 0 spiro atoms. The largest absolute Gasteiger partial charge is 0.260 e. The van der Waals surface area contributed by atoms with Crippen LogP contribution < -0.4 is 0 Å². The van der Waals surface area contributed by atoms with Crippen LogP contribution in [0.1, 0.15) is 6.92 Å². The molecule has 0 saturated carbocycles. The molecule has 0 aliphatic carbocycles. The van der Waals surface area contributed by atoms with Gasteiger partial charge in [0.2, 0.25) is 0 Å². The Balaban J connectivity index is 1.95. The van der Waals surface area contributed by atoms with Gasteiger partial charge in [0.25, 0.3) is 0 Å². The van der Waals surface area contributed by atoms with E-state index >= 15 is 0 Å². The number of aromatic nitrogens is 3. The number of nitrogens with zero attached hydrogens (tertiary/aromatic N) is 3. The van der Waals surface area contributed by atoms with Crippen LogP contribution in [0.3, 0.4) is 0 Å². The van der Waals surface area contributed by atoms with E-state index in [0.717, 1.165) is 16.8 Å². The molecule has 0 fully saturated rings. The zero-order chi connectivity index (χ0) is 15.4. The molecule has 0 N–H and O–H groups in total. The number of halogens is 1. The highest BCUT2D eigenvalue weighted by Crippen LogP contribution is 2.25. The molecule has 3 nitrogen and oxygen atoms in total. The first kappa shape index (κ1) is 14.0. The molecule has 0 amide bonds. The molecule has 22 heavy (non-hydrogen) atoms. The molecule has 3 rings (SSSR count). The minimum atomic E-state index is -0.330. The lowest BCUT2D eigenvalue weighted by molar-refractivity contribution is 0.626. The van der Waals surface area contributed by atoms with Crippen LogP contribution in [0.15, 0.2) is 54.9 Å². The van der Waals surface area contributed by atoms with E-state index in [1.165, 1.54) is 6.07 Å². The zero-order valence-electron chi connectivity index (χ0n) is 12.1. The second kappa shape index (κ2) is 6.23. The Labute approximate surface area is 128 Å². The number of benzene rings is 1. The lowest BCUT2D eigenvalue weighted by Crippen LogP contribution is -1.96. The van der Waals surface area contributed by atoms with Gasteiger partial charge in [0.05, 0.1) is 5.69 Å². The van der Waals surface area contributed by atoms with Gasteiger partial charge in [-0.25, -0.2) is 4.39 Å². The maximum absolute atomic E-state index is 13.9. The molecule has 0 unspecified atom stereocenters. The second-order valence-corrected chi connectivity index (χ2v) is 4.74. The molecule has 0 bridgehead atoms. The predicted molar refractivity (Wildman–Crippen MR) is 84.3 cm³/mol. The van der Waals surface area contributed by atoms with Crippen molar-refractivity contribution in [3.63, 3.8) is 0 Å². The third-order valence-corrected chi connectivity index (χ3v) is 3.25. The molecule has 108 valence electrons. The quantitative estimate of drug-likeness (QED) is 0.688. The molecule has 0 radical (unpaired) electrons. The van der Waals surface area contributed by atoms with Gasteiger partial charge < -0.3 is 0 Å². The summed E-state index contributed by atoms with van der Waals surface area (Å²) in [5, 5.41) is 4.48. The van der Waals surface area contributed by atoms with E-state index < -0.39 is 0 Å². The maximum atomic E-state index is 13.9. The standard InChI is InChI=1S/C18H14FN3/c1-2-3-11-22-12-9-17(21-22)14-6-4-7-15(13-14)18-16(19)8-5-10-20-18/h4-10,12-13H,11H2,1H3.